The van der Waals surface area contributed by atoms with E-state index in [-0.39, 0.29) is 18.6 Å². The van der Waals surface area contributed by atoms with Gasteiger partial charge in [0, 0.05) is 0 Å². The number of nitriles is 1. The van der Waals surface area contributed by atoms with Crippen LogP contribution in [0.25, 0.3) is 0 Å². The maximum absolute atomic E-state index is 12.3. The fraction of sp³-hybridized carbons (Fsp3) is 0.824. The summed E-state index contributed by atoms with van der Waals surface area (Å²) in [6.07, 6.45) is 3.21. The van der Waals surface area contributed by atoms with Crippen LogP contribution in [0.3, 0.4) is 0 Å². The van der Waals surface area contributed by atoms with Gasteiger partial charge in [-0.3, -0.25) is 9.59 Å². The standard InChI is InChI=1S/C17H29NO4/c1-6-7-8-9-10-17(12-18,16(20)22-14(4)5)11-15(19)21-13(2)3/h13-14H,6-11H2,1-5H3. The zero-order chi connectivity index (χ0) is 17.2. The van der Waals surface area contributed by atoms with Crippen LogP contribution >= 0.6 is 0 Å². The number of ether oxygens (including phenoxy) is 2. The van der Waals surface area contributed by atoms with Crippen LogP contribution in [-0.2, 0) is 19.1 Å². The number of carbonyl (C=O) groups excluding carboxylic acids is 2. The van der Waals surface area contributed by atoms with Gasteiger partial charge in [0.1, 0.15) is 0 Å². The minimum Gasteiger partial charge on any atom is -0.463 e. The van der Waals surface area contributed by atoms with Gasteiger partial charge in [0.25, 0.3) is 0 Å². The van der Waals surface area contributed by atoms with Crippen molar-refractivity contribution in [1.82, 2.24) is 0 Å². The molecule has 1 atom stereocenters. The summed E-state index contributed by atoms with van der Waals surface area (Å²) in [5.41, 5.74) is -1.44. The van der Waals surface area contributed by atoms with E-state index in [2.05, 4.69) is 6.92 Å². The van der Waals surface area contributed by atoms with E-state index in [1.165, 1.54) is 0 Å². The van der Waals surface area contributed by atoms with Gasteiger partial charge in [0.15, 0.2) is 5.41 Å². The van der Waals surface area contributed by atoms with Gasteiger partial charge in [-0.15, -0.1) is 0 Å². The van der Waals surface area contributed by atoms with Gasteiger partial charge in [-0.2, -0.15) is 5.26 Å². The van der Waals surface area contributed by atoms with E-state index >= 15 is 0 Å². The third kappa shape index (κ3) is 7.44. The highest BCUT2D eigenvalue weighted by molar-refractivity contribution is 5.86. The largest absolute Gasteiger partial charge is 0.463 e. The van der Waals surface area contributed by atoms with Gasteiger partial charge in [-0.25, -0.2) is 0 Å². The van der Waals surface area contributed by atoms with E-state index in [1.54, 1.807) is 27.7 Å². The lowest BCUT2D eigenvalue weighted by Crippen LogP contribution is -2.36. The Morgan fingerprint density at radius 3 is 2.09 bits per heavy atom. The van der Waals surface area contributed by atoms with Crippen LogP contribution in [-0.4, -0.2) is 24.1 Å². The first kappa shape index (κ1) is 20.4. The van der Waals surface area contributed by atoms with Gasteiger partial charge < -0.3 is 9.47 Å². The Hall–Kier alpha value is -1.57. The van der Waals surface area contributed by atoms with E-state index in [0.29, 0.717) is 12.8 Å². The monoisotopic (exact) mass is 311 g/mol. The van der Waals surface area contributed by atoms with Crippen LogP contribution in [0.15, 0.2) is 0 Å². The number of nitrogens with zero attached hydrogens (tertiary/aromatic N) is 1. The van der Waals surface area contributed by atoms with E-state index in [9.17, 15) is 14.9 Å². The summed E-state index contributed by atoms with van der Waals surface area (Å²) in [4.78, 5) is 24.3. The smallest absolute Gasteiger partial charge is 0.327 e. The van der Waals surface area contributed by atoms with Gasteiger partial charge in [0.05, 0.1) is 24.7 Å². The average Bonchev–Trinajstić information content (AvgIpc) is 2.40. The summed E-state index contributed by atoms with van der Waals surface area (Å²) in [6.45, 7) is 9.01. The molecular weight excluding hydrogens is 282 g/mol. The minimum atomic E-state index is -1.44. The summed E-state index contributed by atoms with van der Waals surface area (Å²) < 4.78 is 10.3. The molecule has 22 heavy (non-hydrogen) atoms. The van der Waals surface area contributed by atoms with Crippen LogP contribution in [0.1, 0.15) is 73.1 Å². The number of carbonyl (C=O) groups is 2. The van der Waals surface area contributed by atoms with Crippen molar-refractivity contribution in [3.05, 3.63) is 0 Å². The summed E-state index contributed by atoms with van der Waals surface area (Å²) in [6, 6.07) is 2.03. The number of hydrogen-bond donors (Lipinski definition) is 0. The molecule has 0 aliphatic carbocycles. The molecule has 0 bridgehead atoms. The van der Waals surface area contributed by atoms with Crippen LogP contribution in [0.5, 0.6) is 0 Å². The molecule has 5 nitrogen and oxygen atoms in total. The van der Waals surface area contributed by atoms with Crippen LogP contribution in [0.2, 0.25) is 0 Å². The minimum absolute atomic E-state index is 0.251. The van der Waals surface area contributed by atoms with E-state index in [1.807, 2.05) is 6.07 Å². The third-order valence-corrected chi connectivity index (χ3v) is 3.22. The Morgan fingerprint density at radius 2 is 1.64 bits per heavy atom. The second-order valence-corrected chi connectivity index (χ2v) is 6.17. The normalized spacial score (nSPS) is 13.5. The molecule has 0 heterocycles. The molecule has 0 spiro atoms. The van der Waals surface area contributed by atoms with Gasteiger partial charge >= 0.3 is 11.9 Å². The molecule has 0 rings (SSSR count). The topological polar surface area (TPSA) is 76.4 Å². The molecule has 126 valence electrons. The maximum atomic E-state index is 12.3. The maximum Gasteiger partial charge on any atom is 0.327 e. The van der Waals surface area contributed by atoms with Crippen LogP contribution in [0, 0.1) is 16.7 Å². The second-order valence-electron chi connectivity index (χ2n) is 6.17. The molecular formula is C17H29NO4. The Labute approximate surface area is 134 Å². The zero-order valence-corrected chi connectivity index (χ0v) is 14.5. The van der Waals surface area contributed by atoms with Crippen molar-refractivity contribution in [3.63, 3.8) is 0 Å². The van der Waals surface area contributed by atoms with Crippen molar-refractivity contribution in [2.75, 3.05) is 0 Å². The lowest BCUT2D eigenvalue weighted by molar-refractivity contribution is -0.164. The van der Waals surface area contributed by atoms with Crippen molar-refractivity contribution in [1.29, 1.82) is 5.26 Å². The lowest BCUT2D eigenvalue weighted by Gasteiger charge is -2.25. The first-order valence-electron chi connectivity index (χ1n) is 8.09. The summed E-state index contributed by atoms with van der Waals surface area (Å²) in [5, 5.41) is 9.54. The van der Waals surface area contributed by atoms with E-state index in [4.69, 9.17) is 9.47 Å². The Balaban J connectivity index is 5.03. The first-order chi connectivity index (χ1) is 10.3. The molecule has 1 unspecified atom stereocenters. The lowest BCUT2D eigenvalue weighted by atomic mass is 9.80. The molecule has 0 saturated carbocycles. The predicted octanol–water partition coefficient (Wildman–Crippen LogP) is 3.76. The molecule has 0 aliphatic heterocycles. The molecule has 5 heteroatoms. The Kier molecular flexibility index (Phi) is 9.48. The highest BCUT2D eigenvalue weighted by Gasteiger charge is 2.43. The SMILES string of the molecule is CCCCCCC(C#N)(CC(=O)OC(C)C)C(=O)OC(C)C. The van der Waals surface area contributed by atoms with Crippen molar-refractivity contribution >= 4 is 11.9 Å². The molecule has 0 fully saturated rings. The quantitative estimate of drug-likeness (QED) is 0.453. The molecule has 0 radical (unpaired) electrons. The molecule has 0 aliphatic rings. The Bertz CT molecular complexity index is 398. The average molecular weight is 311 g/mol. The predicted molar refractivity (Wildman–Crippen MR) is 83.9 cm³/mol. The third-order valence-electron chi connectivity index (χ3n) is 3.22. The van der Waals surface area contributed by atoms with Crippen molar-refractivity contribution in [2.24, 2.45) is 5.41 Å². The summed E-state index contributed by atoms with van der Waals surface area (Å²) in [7, 11) is 0. The number of hydrogen-bond acceptors (Lipinski definition) is 5. The molecule has 0 aromatic rings. The second kappa shape index (κ2) is 10.2. The van der Waals surface area contributed by atoms with Crippen molar-refractivity contribution in [2.45, 2.75) is 85.4 Å². The fourth-order valence-electron chi connectivity index (χ4n) is 2.14. The summed E-state index contributed by atoms with van der Waals surface area (Å²) >= 11 is 0. The summed E-state index contributed by atoms with van der Waals surface area (Å²) in [5.74, 6) is -1.16. The highest BCUT2D eigenvalue weighted by Crippen LogP contribution is 2.32. The van der Waals surface area contributed by atoms with Gasteiger partial charge in [-0.05, 0) is 34.1 Å². The van der Waals surface area contributed by atoms with Crippen molar-refractivity contribution in [3.8, 4) is 6.07 Å². The van der Waals surface area contributed by atoms with E-state index in [0.717, 1.165) is 19.3 Å². The number of esters is 2. The van der Waals surface area contributed by atoms with Crippen LogP contribution < -0.4 is 0 Å². The van der Waals surface area contributed by atoms with E-state index < -0.39 is 17.4 Å². The molecule has 0 saturated heterocycles. The van der Waals surface area contributed by atoms with Crippen LogP contribution in [0.4, 0.5) is 0 Å². The van der Waals surface area contributed by atoms with Gasteiger partial charge in [-0.1, -0.05) is 32.6 Å². The zero-order valence-electron chi connectivity index (χ0n) is 14.5. The van der Waals surface area contributed by atoms with Gasteiger partial charge in [0.2, 0.25) is 0 Å². The van der Waals surface area contributed by atoms with Crippen molar-refractivity contribution < 1.29 is 19.1 Å². The Morgan fingerprint density at radius 1 is 1.05 bits per heavy atom. The number of rotatable bonds is 10. The molecule has 0 N–H and O–H groups in total. The highest BCUT2D eigenvalue weighted by atomic mass is 16.6. The molecule has 0 amide bonds. The fourth-order valence-corrected chi connectivity index (χ4v) is 2.14. The molecule has 0 aromatic carbocycles. The first-order valence-corrected chi connectivity index (χ1v) is 8.09. The number of unbranched alkanes of at least 4 members (excludes halogenated alkanes) is 3. The molecule has 0 aromatic heterocycles.